The highest BCUT2D eigenvalue weighted by atomic mass is 79.9. The number of ether oxygens (including phenoxy) is 1. The van der Waals surface area contributed by atoms with Crippen molar-refractivity contribution < 1.29 is 9.66 Å². The number of nitrogens with zero attached hydrogens (tertiary/aromatic N) is 2. The molecule has 90 valence electrons. The van der Waals surface area contributed by atoms with Crippen molar-refractivity contribution in [3.05, 3.63) is 32.8 Å². The lowest BCUT2D eigenvalue weighted by atomic mass is 10.2. The van der Waals surface area contributed by atoms with Gasteiger partial charge in [0.2, 0.25) is 0 Å². The molecule has 0 saturated carbocycles. The summed E-state index contributed by atoms with van der Waals surface area (Å²) in [4.78, 5) is 10.1. The molecule has 0 radical (unpaired) electrons. The lowest BCUT2D eigenvalue weighted by Crippen LogP contribution is -2.20. The molecule has 0 aromatic heterocycles. The maximum Gasteiger partial charge on any atom is 0.273 e. The van der Waals surface area contributed by atoms with E-state index in [0.717, 1.165) is 0 Å². The van der Waals surface area contributed by atoms with Crippen molar-refractivity contribution in [3.8, 4) is 11.8 Å². The van der Waals surface area contributed by atoms with Gasteiger partial charge in [-0.1, -0.05) is 0 Å². The summed E-state index contributed by atoms with van der Waals surface area (Å²) in [6.45, 7) is 0.231. The topological polar surface area (TPSA) is 102 Å². The number of nitro groups is 1. The van der Waals surface area contributed by atoms with Crippen molar-refractivity contribution in [3.63, 3.8) is 0 Å². The molecule has 1 aromatic carbocycles. The van der Waals surface area contributed by atoms with Crippen molar-refractivity contribution in [2.24, 2.45) is 5.73 Å². The average Bonchev–Trinajstić information content (AvgIpc) is 2.30. The number of hydrogen-bond acceptors (Lipinski definition) is 5. The van der Waals surface area contributed by atoms with Crippen LogP contribution in [0, 0.1) is 21.4 Å². The third-order valence-electron chi connectivity index (χ3n) is 1.98. The van der Waals surface area contributed by atoms with Gasteiger partial charge in [0.15, 0.2) is 0 Å². The summed E-state index contributed by atoms with van der Waals surface area (Å²) in [5, 5.41) is 19.0. The fraction of sp³-hybridized carbons (Fsp3) is 0.300. The second-order valence-corrected chi connectivity index (χ2v) is 4.10. The molecule has 0 spiro atoms. The van der Waals surface area contributed by atoms with Crippen molar-refractivity contribution in [2.45, 2.75) is 12.5 Å². The van der Waals surface area contributed by atoms with Gasteiger partial charge in [-0.2, -0.15) is 5.26 Å². The number of non-ortho nitro benzene ring substituents is 1. The second kappa shape index (κ2) is 6.18. The summed E-state index contributed by atoms with van der Waals surface area (Å²) in [5.74, 6) is 0.365. The molecule has 17 heavy (non-hydrogen) atoms. The summed E-state index contributed by atoms with van der Waals surface area (Å²) in [7, 11) is 0. The number of nitriles is 1. The van der Waals surface area contributed by atoms with E-state index in [1.807, 2.05) is 6.07 Å². The van der Waals surface area contributed by atoms with E-state index >= 15 is 0 Å². The molecule has 7 heteroatoms. The van der Waals surface area contributed by atoms with Crippen LogP contribution in [0.25, 0.3) is 0 Å². The molecule has 6 nitrogen and oxygen atoms in total. The Kier molecular flexibility index (Phi) is 4.87. The Hall–Kier alpha value is -1.65. The zero-order chi connectivity index (χ0) is 12.8. The molecule has 0 heterocycles. The van der Waals surface area contributed by atoms with Crippen LogP contribution >= 0.6 is 15.9 Å². The van der Waals surface area contributed by atoms with Crippen LogP contribution < -0.4 is 10.5 Å². The highest BCUT2D eigenvalue weighted by Gasteiger charge is 2.10. The molecule has 1 unspecified atom stereocenters. The Morgan fingerprint density at radius 2 is 2.35 bits per heavy atom. The molecule has 0 saturated heterocycles. The van der Waals surface area contributed by atoms with Crippen LogP contribution in [0.15, 0.2) is 22.7 Å². The molecule has 0 amide bonds. The first-order chi connectivity index (χ1) is 8.04. The van der Waals surface area contributed by atoms with Gasteiger partial charge in [-0.05, 0) is 22.0 Å². The van der Waals surface area contributed by atoms with Crippen LogP contribution in [0.3, 0.4) is 0 Å². The van der Waals surface area contributed by atoms with E-state index in [1.165, 1.54) is 18.2 Å². The highest BCUT2D eigenvalue weighted by Crippen LogP contribution is 2.29. The molecule has 0 aliphatic rings. The molecule has 2 N–H and O–H groups in total. The van der Waals surface area contributed by atoms with E-state index in [2.05, 4.69) is 15.9 Å². The minimum absolute atomic E-state index is 0.0484. The summed E-state index contributed by atoms with van der Waals surface area (Å²) in [6, 6.07) is 5.52. The largest absolute Gasteiger partial charge is 0.492 e. The molecular formula is C10H10BrN3O3. The first-order valence-electron chi connectivity index (χ1n) is 4.76. The molecule has 0 bridgehead atoms. The van der Waals surface area contributed by atoms with Gasteiger partial charge < -0.3 is 10.5 Å². The lowest BCUT2D eigenvalue weighted by Gasteiger charge is -2.08. The number of rotatable bonds is 5. The van der Waals surface area contributed by atoms with E-state index in [4.69, 9.17) is 15.7 Å². The maximum atomic E-state index is 10.6. The first kappa shape index (κ1) is 13.4. The van der Waals surface area contributed by atoms with Gasteiger partial charge in [-0.15, -0.1) is 0 Å². The zero-order valence-corrected chi connectivity index (χ0v) is 10.4. The van der Waals surface area contributed by atoms with Crippen LogP contribution in [-0.4, -0.2) is 17.6 Å². The van der Waals surface area contributed by atoms with Gasteiger partial charge in [0.25, 0.3) is 5.69 Å². The Morgan fingerprint density at radius 1 is 1.65 bits per heavy atom. The van der Waals surface area contributed by atoms with Gasteiger partial charge in [0, 0.05) is 12.5 Å². The minimum atomic E-state index is -0.590. The van der Waals surface area contributed by atoms with E-state index < -0.39 is 11.0 Å². The minimum Gasteiger partial charge on any atom is -0.492 e. The van der Waals surface area contributed by atoms with Gasteiger partial charge >= 0.3 is 0 Å². The normalized spacial score (nSPS) is 11.6. The standard InChI is InChI=1S/C10H10BrN3O3/c11-9-2-1-8(14(15)16)5-10(9)17-4-3-7(13)6-12/h1-2,5,7H,3-4,13H2. The molecule has 0 aliphatic carbocycles. The second-order valence-electron chi connectivity index (χ2n) is 3.24. The number of nitro benzene ring substituents is 1. The van der Waals surface area contributed by atoms with Gasteiger partial charge in [-0.25, -0.2) is 0 Å². The van der Waals surface area contributed by atoms with Crippen LogP contribution in [0.4, 0.5) is 5.69 Å². The Bertz CT molecular complexity index is 459. The van der Waals surface area contributed by atoms with Gasteiger partial charge in [0.1, 0.15) is 5.75 Å². The first-order valence-corrected chi connectivity index (χ1v) is 5.56. The quantitative estimate of drug-likeness (QED) is 0.661. The van der Waals surface area contributed by atoms with Crippen molar-refractivity contribution in [1.82, 2.24) is 0 Å². The lowest BCUT2D eigenvalue weighted by molar-refractivity contribution is -0.385. The summed E-state index contributed by atoms with van der Waals surface area (Å²) < 4.78 is 5.94. The maximum absolute atomic E-state index is 10.6. The van der Waals surface area contributed by atoms with Crippen molar-refractivity contribution in [2.75, 3.05) is 6.61 Å². The van der Waals surface area contributed by atoms with Gasteiger partial charge in [-0.3, -0.25) is 10.1 Å². The van der Waals surface area contributed by atoms with E-state index in [9.17, 15) is 10.1 Å². The van der Waals surface area contributed by atoms with Crippen molar-refractivity contribution in [1.29, 1.82) is 5.26 Å². The Labute approximate surface area is 106 Å². The zero-order valence-electron chi connectivity index (χ0n) is 8.80. The number of halogens is 1. The predicted molar refractivity (Wildman–Crippen MR) is 64.5 cm³/mol. The molecule has 0 fully saturated rings. The SMILES string of the molecule is N#CC(N)CCOc1cc([N+](=O)[O-])ccc1Br. The van der Waals surface area contributed by atoms with E-state index in [-0.39, 0.29) is 12.3 Å². The predicted octanol–water partition coefficient (Wildman–Crippen LogP) is 1.98. The van der Waals surface area contributed by atoms with Crippen LogP contribution in [0.1, 0.15) is 6.42 Å². The van der Waals surface area contributed by atoms with Crippen molar-refractivity contribution >= 4 is 21.6 Å². The fourth-order valence-electron chi connectivity index (χ4n) is 1.08. The molecule has 1 aromatic rings. The Morgan fingerprint density at radius 3 is 2.94 bits per heavy atom. The highest BCUT2D eigenvalue weighted by molar-refractivity contribution is 9.10. The smallest absolute Gasteiger partial charge is 0.273 e. The average molecular weight is 300 g/mol. The third-order valence-corrected chi connectivity index (χ3v) is 2.63. The number of benzene rings is 1. The van der Waals surface area contributed by atoms with Crippen LogP contribution in [0.2, 0.25) is 0 Å². The number of nitrogens with two attached hydrogens (primary N) is 1. The monoisotopic (exact) mass is 299 g/mol. The molecule has 1 atom stereocenters. The summed E-state index contributed by atoms with van der Waals surface area (Å²) >= 11 is 3.22. The third kappa shape index (κ3) is 4.01. The number of hydrogen-bond donors (Lipinski definition) is 1. The molecule has 1 rings (SSSR count). The molecular weight excluding hydrogens is 290 g/mol. The molecule has 0 aliphatic heterocycles. The summed E-state index contributed by atoms with van der Waals surface area (Å²) in [6.07, 6.45) is 0.367. The van der Waals surface area contributed by atoms with E-state index in [0.29, 0.717) is 16.6 Å². The van der Waals surface area contributed by atoms with E-state index in [1.54, 1.807) is 0 Å². The summed E-state index contributed by atoms with van der Waals surface area (Å²) in [5.41, 5.74) is 5.34. The van der Waals surface area contributed by atoms with Gasteiger partial charge in [0.05, 0.1) is 34.2 Å². The van der Waals surface area contributed by atoms with Crippen LogP contribution in [0.5, 0.6) is 5.75 Å². The fourth-order valence-corrected chi connectivity index (χ4v) is 1.44. The Balaban J connectivity index is 2.67. The van der Waals surface area contributed by atoms with Crippen LogP contribution in [-0.2, 0) is 0 Å².